The van der Waals surface area contributed by atoms with Crippen LogP contribution in [0.3, 0.4) is 0 Å². The molecule has 0 radical (unpaired) electrons. The molecule has 0 spiro atoms. The molecule has 1 amide bonds. The van der Waals surface area contributed by atoms with Gasteiger partial charge in [0.15, 0.2) is 16.6 Å². The number of anilines is 2. The second-order valence-electron chi connectivity index (χ2n) is 7.00. The van der Waals surface area contributed by atoms with Crippen LogP contribution in [0.1, 0.15) is 24.6 Å². The molecule has 1 aromatic heterocycles. The summed E-state index contributed by atoms with van der Waals surface area (Å²) in [5, 5.41) is 2.24. The van der Waals surface area contributed by atoms with Crippen molar-refractivity contribution < 1.29 is 28.5 Å². The monoisotopic (exact) mass is 470 g/mol. The zero-order chi connectivity index (χ0) is 23.8. The lowest BCUT2D eigenvalue weighted by Gasteiger charge is -2.20. The molecule has 3 aromatic rings. The number of para-hydroxylation sites is 2. The third-order valence-corrected chi connectivity index (χ3v) is 5.69. The third kappa shape index (κ3) is 6.01. The molecule has 0 bridgehead atoms. The van der Waals surface area contributed by atoms with E-state index in [0.717, 1.165) is 5.56 Å². The molecule has 0 N–H and O–H groups in total. The van der Waals surface area contributed by atoms with Crippen molar-refractivity contribution in [2.75, 3.05) is 26.2 Å². The maximum Gasteiger partial charge on any atom is 0.306 e. The van der Waals surface area contributed by atoms with E-state index in [1.807, 2.05) is 24.3 Å². The Hall–Kier alpha value is -3.59. The molecule has 0 saturated heterocycles. The van der Waals surface area contributed by atoms with Gasteiger partial charge in [-0.2, -0.15) is 0 Å². The molecule has 174 valence electrons. The highest BCUT2D eigenvalue weighted by Crippen LogP contribution is 2.35. The number of hydrogen-bond acceptors (Lipinski definition) is 8. The Labute approximate surface area is 196 Å². The van der Waals surface area contributed by atoms with Crippen LogP contribution in [0, 0.1) is 0 Å². The molecule has 0 fully saturated rings. The topological polar surface area (TPSA) is 87.2 Å². The number of methoxy groups -OCH3 is 3. The molecule has 0 aliphatic rings. The van der Waals surface area contributed by atoms with Crippen molar-refractivity contribution in [3.05, 3.63) is 59.1 Å². The van der Waals surface area contributed by atoms with Gasteiger partial charge in [0.25, 0.3) is 0 Å². The van der Waals surface area contributed by atoms with E-state index in [2.05, 4.69) is 4.98 Å². The van der Waals surface area contributed by atoms with E-state index >= 15 is 0 Å². The number of carbonyl (C=O) groups is 2. The zero-order valence-corrected chi connectivity index (χ0v) is 19.8. The van der Waals surface area contributed by atoms with Crippen LogP contribution < -0.4 is 19.1 Å². The average Bonchev–Trinajstić information content (AvgIpc) is 3.29. The summed E-state index contributed by atoms with van der Waals surface area (Å²) in [6.07, 6.45) is 0.723. The first kappa shape index (κ1) is 24.1. The molecule has 0 atom stereocenters. The Balaban J connectivity index is 1.60. The highest BCUT2D eigenvalue weighted by molar-refractivity contribution is 7.14. The average molecular weight is 471 g/mol. The summed E-state index contributed by atoms with van der Waals surface area (Å²) in [6.45, 7) is 1.49. The van der Waals surface area contributed by atoms with E-state index < -0.39 is 0 Å². The molecule has 0 aliphatic heterocycles. The van der Waals surface area contributed by atoms with Crippen molar-refractivity contribution in [1.82, 2.24) is 4.98 Å². The van der Waals surface area contributed by atoms with Crippen LogP contribution in [-0.2, 0) is 27.4 Å². The Morgan fingerprint density at radius 1 is 0.970 bits per heavy atom. The number of amides is 1. The second-order valence-corrected chi connectivity index (χ2v) is 7.83. The number of esters is 1. The number of benzene rings is 2. The van der Waals surface area contributed by atoms with Crippen LogP contribution in [0.25, 0.3) is 0 Å². The van der Waals surface area contributed by atoms with Gasteiger partial charge in [-0.15, -0.1) is 11.3 Å². The lowest BCUT2D eigenvalue weighted by molar-refractivity contribution is -0.145. The summed E-state index contributed by atoms with van der Waals surface area (Å²) in [5.41, 5.74) is 2.10. The summed E-state index contributed by atoms with van der Waals surface area (Å²) in [7, 11) is 4.69. The largest absolute Gasteiger partial charge is 0.495 e. The predicted octanol–water partition coefficient (Wildman–Crippen LogP) is 4.53. The van der Waals surface area contributed by atoms with Gasteiger partial charge in [0.2, 0.25) is 5.91 Å². The van der Waals surface area contributed by atoms with Crippen LogP contribution >= 0.6 is 11.3 Å². The normalized spacial score (nSPS) is 10.4. The van der Waals surface area contributed by atoms with Crippen molar-refractivity contribution in [2.45, 2.75) is 26.4 Å². The minimum absolute atomic E-state index is 0.0267. The lowest BCUT2D eigenvalue weighted by Crippen LogP contribution is -2.23. The molecule has 8 nitrogen and oxygen atoms in total. The third-order valence-electron chi connectivity index (χ3n) is 4.82. The number of ether oxygens (including phenoxy) is 4. The summed E-state index contributed by atoms with van der Waals surface area (Å²) in [6, 6.07) is 12.7. The quantitative estimate of drug-likeness (QED) is 0.402. The SMILES string of the molecule is COc1ccc(CCC(=O)OCc2csc(N(C(C)=O)c3ccccc3OC)n2)cc1OC. The number of rotatable bonds is 10. The molecular weight excluding hydrogens is 444 g/mol. The first-order valence-electron chi connectivity index (χ1n) is 10.2. The number of aromatic nitrogens is 1. The Kier molecular flexibility index (Phi) is 8.26. The van der Waals surface area contributed by atoms with Gasteiger partial charge < -0.3 is 18.9 Å². The summed E-state index contributed by atoms with van der Waals surface area (Å²) in [5.74, 6) is 1.27. The van der Waals surface area contributed by atoms with E-state index in [1.54, 1.807) is 44.9 Å². The second kappa shape index (κ2) is 11.3. The fourth-order valence-electron chi connectivity index (χ4n) is 3.20. The van der Waals surface area contributed by atoms with Crippen LogP contribution in [-0.4, -0.2) is 38.2 Å². The van der Waals surface area contributed by atoms with Crippen molar-refractivity contribution >= 4 is 34.0 Å². The number of hydrogen-bond donors (Lipinski definition) is 0. The van der Waals surface area contributed by atoms with Crippen molar-refractivity contribution in [1.29, 1.82) is 0 Å². The molecule has 9 heteroatoms. The number of aryl methyl sites for hydroxylation is 1. The van der Waals surface area contributed by atoms with E-state index in [9.17, 15) is 9.59 Å². The van der Waals surface area contributed by atoms with Gasteiger partial charge in [0.05, 0.1) is 32.7 Å². The van der Waals surface area contributed by atoms with Gasteiger partial charge in [-0.25, -0.2) is 4.98 Å². The van der Waals surface area contributed by atoms with E-state index in [0.29, 0.717) is 40.2 Å². The maximum absolute atomic E-state index is 12.3. The van der Waals surface area contributed by atoms with E-state index in [-0.39, 0.29) is 24.9 Å². The maximum atomic E-state index is 12.3. The molecular formula is C24H26N2O6S. The first-order valence-corrected chi connectivity index (χ1v) is 11.1. The highest BCUT2D eigenvalue weighted by Gasteiger charge is 2.21. The Bertz CT molecular complexity index is 1110. The lowest BCUT2D eigenvalue weighted by atomic mass is 10.1. The van der Waals surface area contributed by atoms with Gasteiger partial charge in [-0.1, -0.05) is 18.2 Å². The molecule has 3 rings (SSSR count). The Morgan fingerprint density at radius 3 is 2.39 bits per heavy atom. The zero-order valence-electron chi connectivity index (χ0n) is 19.0. The fourth-order valence-corrected chi connectivity index (χ4v) is 4.06. The summed E-state index contributed by atoms with van der Waals surface area (Å²) < 4.78 is 21.3. The Morgan fingerprint density at radius 2 is 1.70 bits per heavy atom. The highest BCUT2D eigenvalue weighted by atomic mass is 32.1. The molecule has 33 heavy (non-hydrogen) atoms. The molecule has 0 saturated carbocycles. The molecule has 0 aliphatic carbocycles. The van der Waals surface area contributed by atoms with Crippen molar-refractivity contribution in [2.24, 2.45) is 0 Å². The van der Waals surface area contributed by atoms with Gasteiger partial charge >= 0.3 is 5.97 Å². The van der Waals surface area contributed by atoms with Crippen LogP contribution in [0.4, 0.5) is 10.8 Å². The molecule has 2 aromatic carbocycles. The first-order chi connectivity index (χ1) is 16.0. The predicted molar refractivity (Wildman–Crippen MR) is 126 cm³/mol. The van der Waals surface area contributed by atoms with Crippen LogP contribution in [0.2, 0.25) is 0 Å². The van der Waals surface area contributed by atoms with Crippen molar-refractivity contribution in [3.63, 3.8) is 0 Å². The number of thiazole rings is 1. The van der Waals surface area contributed by atoms with E-state index in [4.69, 9.17) is 18.9 Å². The summed E-state index contributed by atoms with van der Waals surface area (Å²) in [4.78, 5) is 30.5. The van der Waals surface area contributed by atoms with Gasteiger partial charge in [0.1, 0.15) is 12.4 Å². The van der Waals surface area contributed by atoms with Crippen LogP contribution in [0.5, 0.6) is 17.2 Å². The van der Waals surface area contributed by atoms with Crippen LogP contribution in [0.15, 0.2) is 47.8 Å². The summed E-state index contributed by atoms with van der Waals surface area (Å²) >= 11 is 1.29. The molecule has 0 unspecified atom stereocenters. The van der Waals surface area contributed by atoms with E-state index in [1.165, 1.54) is 23.2 Å². The van der Waals surface area contributed by atoms with Crippen molar-refractivity contribution in [3.8, 4) is 17.2 Å². The number of nitrogens with zero attached hydrogens (tertiary/aromatic N) is 2. The van der Waals surface area contributed by atoms with Gasteiger partial charge in [-0.3, -0.25) is 14.5 Å². The minimum Gasteiger partial charge on any atom is -0.495 e. The standard InChI is InChI=1S/C24H26N2O6S/c1-16(27)26(19-7-5-6-8-20(19)29-2)24-25-18(15-33-24)14-32-23(28)12-10-17-9-11-21(30-3)22(13-17)31-4/h5-9,11,13,15H,10,12,14H2,1-4H3. The minimum atomic E-state index is -0.340. The van der Waals surface area contributed by atoms with Gasteiger partial charge in [0, 0.05) is 18.7 Å². The van der Waals surface area contributed by atoms with Gasteiger partial charge in [-0.05, 0) is 36.2 Å². The number of carbonyl (C=O) groups excluding carboxylic acids is 2. The molecule has 1 heterocycles. The smallest absolute Gasteiger partial charge is 0.306 e. The fraction of sp³-hybridized carbons (Fsp3) is 0.292.